The van der Waals surface area contributed by atoms with Crippen molar-refractivity contribution in [3.63, 3.8) is 0 Å². The summed E-state index contributed by atoms with van der Waals surface area (Å²) < 4.78 is 17.1. The van der Waals surface area contributed by atoms with E-state index in [4.69, 9.17) is 19.3 Å². The maximum absolute atomic E-state index is 13.1. The molecule has 0 radical (unpaired) electrons. The van der Waals surface area contributed by atoms with E-state index in [0.717, 1.165) is 0 Å². The molecule has 304 valence electrons. The number of carboxylic acids is 1. The van der Waals surface area contributed by atoms with Crippen LogP contribution >= 0.6 is 0 Å². The summed E-state index contributed by atoms with van der Waals surface area (Å²) in [6.45, 7) is 4.46. The van der Waals surface area contributed by atoms with Gasteiger partial charge in [0.05, 0.1) is 72.6 Å². The van der Waals surface area contributed by atoms with E-state index in [0.29, 0.717) is 28.5 Å². The van der Waals surface area contributed by atoms with Crippen LogP contribution in [0.15, 0.2) is 0 Å². The van der Waals surface area contributed by atoms with E-state index in [2.05, 4.69) is 0 Å². The van der Waals surface area contributed by atoms with Crippen molar-refractivity contribution in [2.24, 2.45) is 23.7 Å². The average molecular weight is 731 g/mol. The molecule has 0 aromatic heterocycles. The van der Waals surface area contributed by atoms with Gasteiger partial charge in [-0.1, -0.05) is 88.1 Å². The number of likely N-dealkylation sites (N-methyl/N-ethyl adjacent to an activating group) is 2. The number of aliphatic hydroxyl groups is 1. The lowest BCUT2D eigenvalue weighted by Gasteiger charge is -2.27. The number of ether oxygens (including phenoxy) is 3. The molecular formula is C36H90ClN2O9+. The lowest BCUT2D eigenvalue weighted by Crippen LogP contribution is -3.00. The van der Waals surface area contributed by atoms with Crippen LogP contribution < -0.4 is 12.4 Å². The summed E-state index contributed by atoms with van der Waals surface area (Å²) in [6, 6.07) is 0. The Bertz CT molecular complexity index is 740. The van der Waals surface area contributed by atoms with E-state index in [1.54, 1.807) is 6.92 Å². The largest absolute Gasteiger partial charge is 1.00 e. The molecule has 2 N–H and O–H groups in total. The topological polar surface area (TPSA) is 136 Å². The maximum atomic E-state index is 13.1. The molecular weight excluding hydrogens is 640 g/mol. The highest BCUT2D eigenvalue weighted by Crippen LogP contribution is 2.28. The molecule has 0 saturated heterocycles. The van der Waals surface area contributed by atoms with Crippen LogP contribution in [0.2, 0.25) is 0 Å². The number of halogens is 1. The van der Waals surface area contributed by atoms with Crippen LogP contribution in [-0.2, 0) is 33.4 Å². The summed E-state index contributed by atoms with van der Waals surface area (Å²) in [6.07, 6.45) is 0.384. The number of hydrogen-bond donors (Lipinski definition) is 2. The standard InChI is InChI=1S/C26H49N2O9.10CH4.ClH/c1-9-20(25(33)35-13-10-27(3,4)5)17-22(26(34)36-14-11-28(6,7)8)18-21(23(30)31)16-19(2)24(32)37-15-12-29;;;;;;;;;;;/h19-22,29H,9-18H2,1-8H3;10*1H4;1H/q+1;;;;;;;;;;;. The number of carbonyl (C=O) groups excluding carboxylic acids is 3. The van der Waals surface area contributed by atoms with Crippen molar-refractivity contribution in [1.82, 2.24) is 0 Å². The van der Waals surface area contributed by atoms with Crippen LogP contribution in [0.5, 0.6) is 0 Å². The number of hydrogen-bond acceptors (Lipinski definition) is 8. The van der Waals surface area contributed by atoms with Gasteiger partial charge in [0.2, 0.25) is 0 Å². The number of esters is 3. The number of aliphatic hydroxyl groups excluding tert-OH is 1. The molecule has 12 heteroatoms. The molecule has 0 aromatic carbocycles. The molecule has 0 aliphatic rings. The Morgan fingerprint density at radius 1 is 0.562 bits per heavy atom. The van der Waals surface area contributed by atoms with Crippen LogP contribution in [0.4, 0.5) is 0 Å². The summed E-state index contributed by atoms with van der Waals surface area (Å²) in [4.78, 5) is 50.0. The molecule has 4 unspecified atom stereocenters. The van der Waals surface area contributed by atoms with E-state index < -0.39 is 47.5 Å². The molecule has 48 heavy (non-hydrogen) atoms. The van der Waals surface area contributed by atoms with Gasteiger partial charge in [-0.3, -0.25) is 19.2 Å². The second-order valence-electron chi connectivity index (χ2n) is 11.7. The summed E-state index contributed by atoms with van der Waals surface area (Å²) in [7, 11) is 11.8. The van der Waals surface area contributed by atoms with Gasteiger partial charge in [0.1, 0.15) is 32.9 Å². The second kappa shape index (κ2) is 39.5. The average Bonchev–Trinajstić information content (AvgIpc) is 2.76. The van der Waals surface area contributed by atoms with Crippen molar-refractivity contribution in [1.29, 1.82) is 0 Å². The number of carboxylic acid groups (broad SMARTS) is 1. The molecule has 0 aromatic rings. The van der Waals surface area contributed by atoms with Gasteiger partial charge in [-0.05, 0) is 25.7 Å². The predicted octanol–water partition coefficient (Wildman–Crippen LogP) is 4.54. The molecule has 0 aliphatic carbocycles. The Kier molecular flexibility index (Phi) is 66.3. The van der Waals surface area contributed by atoms with Crippen molar-refractivity contribution in [3.8, 4) is 0 Å². The number of nitrogens with zero attached hydrogens (tertiary/aromatic N) is 2. The molecule has 0 spiro atoms. The third-order valence-corrected chi connectivity index (χ3v) is 6.04. The van der Waals surface area contributed by atoms with Crippen molar-refractivity contribution >= 4 is 23.9 Å². The number of aliphatic carboxylic acids is 1. The Labute approximate surface area is 307 Å². The predicted molar refractivity (Wildman–Crippen MR) is 204 cm³/mol. The third-order valence-electron chi connectivity index (χ3n) is 6.04. The van der Waals surface area contributed by atoms with Gasteiger partial charge in [0, 0.05) is 0 Å². The molecule has 0 amide bonds. The minimum atomic E-state index is -1.15. The van der Waals surface area contributed by atoms with E-state index in [1.165, 1.54) is 0 Å². The fourth-order valence-electron chi connectivity index (χ4n) is 3.59. The van der Waals surface area contributed by atoms with Crippen LogP contribution in [0.3, 0.4) is 0 Å². The fourth-order valence-corrected chi connectivity index (χ4v) is 3.59. The minimum Gasteiger partial charge on any atom is -1.00 e. The zero-order chi connectivity index (χ0) is 28.8. The first-order valence-electron chi connectivity index (χ1n) is 12.9. The first-order valence-corrected chi connectivity index (χ1v) is 12.9. The number of carbonyl (C=O) groups is 4. The van der Waals surface area contributed by atoms with Crippen LogP contribution in [0.1, 0.15) is 114 Å². The molecule has 0 fully saturated rings. The molecule has 0 bridgehead atoms. The van der Waals surface area contributed by atoms with Crippen molar-refractivity contribution < 1.29 is 65.0 Å². The third kappa shape index (κ3) is 38.5. The fraction of sp³-hybridized carbons (Fsp3) is 0.889. The molecule has 0 heterocycles. The SMILES string of the molecule is C.C.C.C.C.C.C.C.C.C.CCC(CC(CC(CC(C)C(=O)OCCO)C(=O)O)C(=O)OCC[N+](C)(C)C)C(=O)OCC[N+](C)(C)C.[Cl-]. The molecule has 0 rings (SSSR count). The zero-order valence-corrected chi connectivity index (χ0v) is 25.2. The molecule has 11 nitrogen and oxygen atoms in total. The van der Waals surface area contributed by atoms with Crippen LogP contribution in [0, 0.1) is 23.7 Å². The van der Waals surface area contributed by atoms with Gasteiger partial charge in [0.25, 0.3) is 0 Å². The molecule has 4 atom stereocenters. The first-order chi connectivity index (χ1) is 17.0. The maximum Gasteiger partial charge on any atom is 0.309 e. The van der Waals surface area contributed by atoms with Crippen LogP contribution in [0.25, 0.3) is 0 Å². The smallest absolute Gasteiger partial charge is 0.309 e. The molecule has 0 saturated carbocycles. The van der Waals surface area contributed by atoms with Gasteiger partial charge >= 0.3 is 23.9 Å². The summed E-state index contributed by atoms with van der Waals surface area (Å²) in [5, 5.41) is 18.7. The second-order valence-corrected chi connectivity index (χ2v) is 11.7. The van der Waals surface area contributed by atoms with Crippen molar-refractivity contribution in [3.05, 3.63) is 0 Å². The Balaban J connectivity index is -0.000000118. The van der Waals surface area contributed by atoms with Gasteiger partial charge < -0.3 is 45.8 Å². The molecule has 0 aliphatic heterocycles. The van der Waals surface area contributed by atoms with Gasteiger partial charge in [-0.15, -0.1) is 0 Å². The summed E-state index contributed by atoms with van der Waals surface area (Å²) in [5.74, 6) is -5.97. The summed E-state index contributed by atoms with van der Waals surface area (Å²) in [5.41, 5.74) is 0. The number of rotatable bonds is 19. The lowest BCUT2D eigenvalue weighted by molar-refractivity contribution is -0.870. The van der Waals surface area contributed by atoms with Gasteiger partial charge in [-0.2, -0.15) is 0 Å². The van der Waals surface area contributed by atoms with Crippen molar-refractivity contribution in [2.45, 2.75) is 114 Å². The van der Waals surface area contributed by atoms with Gasteiger partial charge in [-0.25, -0.2) is 0 Å². The summed E-state index contributed by atoms with van der Waals surface area (Å²) >= 11 is 0. The van der Waals surface area contributed by atoms with E-state index in [1.807, 2.05) is 49.2 Å². The Hall–Kier alpha value is -1.95. The highest BCUT2D eigenvalue weighted by Gasteiger charge is 2.34. The van der Waals surface area contributed by atoms with Crippen molar-refractivity contribution in [2.75, 3.05) is 81.8 Å². The van der Waals surface area contributed by atoms with Gasteiger partial charge in [0.15, 0.2) is 0 Å². The van der Waals surface area contributed by atoms with E-state index in [-0.39, 0.29) is 132 Å². The highest BCUT2D eigenvalue weighted by atomic mass is 35.5. The Morgan fingerprint density at radius 2 is 0.896 bits per heavy atom. The monoisotopic (exact) mass is 730 g/mol. The lowest BCUT2D eigenvalue weighted by atomic mass is 9.82. The number of quaternary nitrogens is 2. The van der Waals surface area contributed by atoms with E-state index in [9.17, 15) is 24.3 Å². The Morgan fingerprint density at radius 3 is 1.21 bits per heavy atom. The minimum absolute atomic E-state index is 0. The first kappa shape index (κ1) is 80.6. The zero-order valence-electron chi connectivity index (χ0n) is 24.4. The van der Waals surface area contributed by atoms with E-state index >= 15 is 0 Å². The quantitative estimate of drug-likeness (QED) is 0.112. The van der Waals surface area contributed by atoms with Crippen LogP contribution in [-0.4, -0.2) is 125 Å². The normalized spacial score (nSPS) is 11.8. The highest BCUT2D eigenvalue weighted by molar-refractivity contribution is 5.78.